The van der Waals surface area contributed by atoms with Crippen molar-refractivity contribution in [2.24, 2.45) is 5.10 Å². The van der Waals surface area contributed by atoms with Crippen LogP contribution in [0.2, 0.25) is 0 Å². The summed E-state index contributed by atoms with van der Waals surface area (Å²) in [6.07, 6.45) is 4.92. The Labute approximate surface area is 60.5 Å². The van der Waals surface area contributed by atoms with Crippen molar-refractivity contribution in [1.29, 1.82) is 0 Å². The SMILES string of the molecule is C#CCNN=C(C)C(C)=O. The maximum absolute atomic E-state index is 10.5. The van der Waals surface area contributed by atoms with Gasteiger partial charge in [-0.05, 0) is 6.92 Å². The van der Waals surface area contributed by atoms with E-state index < -0.39 is 0 Å². The minimum Gasteiger partial charge on any atom is -0.298 e. The first-order valence-electron chi connectivity index (χ1n) is 2.90. The van der Waals surface area contributed by atoms with Crippen LogP contribution in [0.4, 0.5) is 0 Å². The van der Waals surface area contributed by atoms with E-state index in [9.17, 15) is 4.79 Å². The first kappa shape index (κ1) is 8.70. The van der Waals surface area contributed by atoms with Gasteiger partial charge in [0.2, 0.25) is 0 Å². The summed E-state index contributed by atoms with van der Waals surface area (Å²) in [5.74, 6) is 2.28. The topological polar surface area (TPSA) is 41.5 Å². The molecule has 0 spiro atoms. The normalized spacial score (nSPS) is 10.3. The second-order valence-corrected chi connectivity index (χ2v) is 1.79. The standard InChI is InChI=1S/C7H10N2O/c1-4-5-8-9-6(2)7(3)10/h1,8H,5H2,2-3H3. The molecule has 3 heteroatoms. The number of nitrogens with one attached hydrogen (secondary N) is 1. The highest BCUT2D eigenvalue weighted by atomic mass is 16.1. The molecule has 0 radical (unpaired) electrons. The van der Waals surface area contributed by atoms with Crippen LogP contribution in [0, 0.1) is 12.3 Å². The third-order valence-electron chi connectivity index (χ3n) is 0.937. The number of hydrogen-bond donors (Lipinski definition) is 1. The number of Topliss-reactive ketones (excluding diaryl/α,β-unsaturated/α-hetero) is 1. The first-order valence-corrected chi connectivity index (χ1v) is 2.90. The van der Waals surface area contributed by atoms with Gasteiger partial charge in [-0.3, -0.25) is 10.2 Å². The van der Waals surface area contributed by atoms with Gasteiger partial charge >= 0.3 is 0 Å². The summed E-state index contributed by atoms with van der Waals surface area (Å²) >= 11 is 0. The van der Waals surface area contributed by atoms with Gasteiger partial charge in [-0.15, -0.1) is 6.42 Å². The summed E-state index contributed by atoms with van der Waals surface area (Å²) in [5.41, 5.74) is 2.99. The molecule has 0 aromatic carbocycles. The van der Waals surface area contributed by atoms with E-state index in [2.05, 4.69) is 16.4 Å². The average Bonchev–Trinajstić information content (AvgIpc) is 1.88. The van der Waals surface area contributed by atoms with Crippen LogP contribution in [0.1, 0.15) is 13.8 Å². The van der Waals surface area contributed by atoms with Crippen molar-refractivity contribution in [2.75, 3.05) is 6.54 Å². The quantitative estimate of drug-likeness (QED) is 0.261. The van der Waals surface area contributed by atoms with E-state index in [4.69, 9.17) is 6.42 Å². The van der Waals surface area contributed by atoms with Crippen molar-refractivity contribution in [3.8, 4) is 12.3 Å². The van der Waals surface area contributed by atoms with Gasteiger partial charge < -0.3 is 0 Å². The Hall–Kier alpha value is -1.30. The molecule has 54 valence electrons. The number of rotatable bonds is 3. The Balaban J connectivity index is 3.72. The molecule has 0 atom stereocenters. The van der Waals surface area contributed by atoms with Crippen molar-refractivity contribution < 1.29 is 4.79 Å². The van der Waals surface area contributed by atoms with Crippen LogP contribution < -0.4 is 5.43 Å². The monoisotopic (exact) mass is 138 g/mol. The van der Waals surface area contributed by atoms with Crippen LogP contribution in [0.15, 0.2) is 5.10 Å². The lowest BCUT2D eigenvalue weighted by molar-refractivity contribution is -0.111. The minimum absolute atomic E-state index is 0.0514. The molecule has 1 N–H and O–H groups in total. The Morgan fingerprint density at radius 1 is 1.70 bits per heavy atom. The number of hydrazone groups is 1. The lowest BCUT2D eigenvalue weighted by Gasteiger charge is -1.93. The summed E-state index contributed by atoms with van der Waals surface area (Å²) in [6, 6.07) is 0. The van der Waals surface area contributed by atoms with Gasteiger partial charge in [-0.1, -0.05) is 5.92 Å². The highest BCUT2D eigenvalue weighted by Gasteiger charge is 1.94. The molecule has 0 aliphatic heterocycles. The number of terminal acetylenes is 1. The molecule has 10 heavy (non-hydrogen) atoms. The van der Waals surface area contributed by atoms with E-state index in [0.29, 0.717) is 12.3 Å². The summed E-state index contributed by atoms with van der Waals surface area (Å²) in [4.78, 5) is 10.5. The van der Waals surface area contributed by atoms with E-state index in [1.807, 2.05) is 0 Å². The fraction of sp³-hybridized carbons (Fsp3) is 0.429. The average molecular weight is 138 g/mol. The molecule has 0 bridgehead atoms. The smallest absolute Gasteiger partial charge is 0.175 e. The van der Waals surface area contributed by atoms with Gasteiger partial charge in [-0.25, -0.2) is 0 Å². The lowest BCUT2D eigenvalue weighted by Crippen LogP contribution is -2.13. The van der Waals surface area contributed by atoms with Crippen molar-refractivity contribution in [1.82, 2.24) is 5.43 Å². The molecule has 3 nitrogen and oxygen atoms in total. The molecule has 0 saturated carbocycles. The van der Waals surface area contributed by atoms with Gasteiger partial charge in [0.1, 0.15) is 0 Å². The Morgan fingerprint density at radius 3 is 2.70 bits per heavy atom. The van der Waals surface area contributed by atoms with Crippen molar-refractivity contribution >= 4 is 11.5 Å². The number of carbonyl (C=O) groups excluding carboxylic acids is 1. The third kappa shape index (κ3) is 3.67. The van der Waals surface area contributed by atoms with Crippen LogP contribution in [0.5, 0.6) is 0 Å². The van der Waals surface area contributed by atoms with Crippen LogP contribution >= 0.6 is 0 Å². The van der Waals surface area contributed by atoms with Gasteiger partial charge in [0.15, 0.2) is 5.78 Å². The molecule has 0 aliphatic carbocycles. The molecular formula is C7H10N2O. The number of nitrogens with zero attached hydrogens (tertiary/aromatic N) is 1. The van der Waals surface area contributed by atoms with Gasteiger partial charge in [-0.2, -0.15) is 5.10 Å². The van der Waals surface area contributed by atoms with Crippen LogP contribution in [0.25, 0.3) is 0 Å². The molecule has 0 rings (SSSR count). The molecule has 0 amide bonds. The Morgan fingerprint density at radius 2 is 2.30 bits per heavy atom. The van der Waals surface area contributed by atoms with Gasteiger partial charge in [0, 0.05) is 6.92 Å². The Kier molecular flexibility index (Phi) is 3.97. The fourth-order valence-electron chi connectivity index (χ4n) is 0.282. The van der Waals surface area contributed by atoms with E-state index in [1.165, 1.54) is 6.92 Å². The zero-order valence-electron chi connectivity index (χ0n) is 6.14. The highest BCUT2D eigenvalue weighted by molar-refractivity contribution is 6.37. The zero-order valence-corrected chi connectivity index (χ0v) is 6.14. The van der Waals surface area contributed by atoms with E-state index in [1.54, 1.807) is 6.92 Å². The van der Waals surface area contributed by atoms with Gasteiger partial charge in [0.05, 0.1) is 12.3 Å². The summed E-state index contributed by atoms with van der Waals surface area (Å²) in [5, 5.41) is 3.69. The molecule has 0 saturated heterocycles. The molecular weight excluding hydrogens is 128 g/mol. The van der Waals surface area contributed by atoms with Crippen LogP contribution in [-0.4, -0.2) is 18.0 Å². The summed E-state index contributed by atoms with van der Waals surface area (Å²) < 4.78 is 0. The van der Waals surface area contributed by atoms with E-state index in [0.717, 1.165) is 0 Å². The summed E-state index contributed by atoms with van der Waals surface area (Å²) in [7, 11) is 0. The van der Waals surface area contributed by atoms with Crippen molar-refractivity contribution in [3.05, 3.63) is 0 Å². The lowest BCUT2D eigenvalue weighted by atomic mass is 10.3. The van der Waals surface area contributed by atoms with Crippen LogP contribution in [0.3, 0.4) is 0 Å². The molecule has 0 aliphatic rings. The predicted molar refractivity (Wildman–Crippen MR) is 40.6 cm³/mol. The molecule has 0 unspecified atom stereocenters. The number of carbonyl (C=O) groups is 1. The predicted octanol–water partition coefficient (Wildman–Crippen LogP) is 0.174. The number of hydrogen-bond acceptors (Lipinski definition) is 3. The third-order valence-corrected chi connectivity index (χ3v) is 0.937. The molecule has 0 aromatic rings. The highest BCUT2D eigenvalue weighted by Crippen LogP contribution is 1.75. The van der Waals surface area contributed by atoms with Crippen molar-refractivity contribution in [2.45, 2.75) is 13.8 Å². The molecule has 0 aromatic heterocycles. The summed E-state index contributed by atoms with van der Waals surface area (Å²) in [6.45, 7) is 3.44. The number of ketones is 1. The molecule has 0 fully saturated rings. The minimum atomic E-state index is -0.0514. The van der Waals surface area contributed by atoms with Crippen LogP contribution in [-0.2, 0) is 4.79 Å². The first-order chi connectivity index (χ1) is 4.68. The van der Waals surface area contributed by atoms with E-state index >= 15 is 0 Å². The fourth-order valence-corrected chi connectivity index (χ4v) is 0.282. The second kappa shape index (κ2) is 4.57. The Bertz CT molecular complexity index is 188. The van der Waals surface area contributed by atoms with E-state index in [-0.39, 0.29) is 5.78 Å². The maximum atomic E-state index is 10.5. The van der Waals surface area contributed by atoms with Gasteiger partial charge in [0.25, 0.3) is 0 Å². The zero-order chi connectivity index (χ0) is 7.98. The maximum Gasteiger partial charge on any atom is 0.175 e. The van der Waals surface area contributed by atoms with Crippen molar-refractivity contribution in [3.63, 3.8) is 0 Å². The molecule has 0 heterocycles. The second-order valence-electron chi connectivity index (χ2n) is 1.79. The largest absolute Gasteiger partial charge is 0.298 e.